The van der Waals surface area contributed by atoms with Gasteiger partial charge in [-0.1, -0.05) is 264 Å². The largest absolute Gasteiger partial charge is 0.458 e. The van der Waals surface area contributed by atoms with E-state index in [0.717, 1.165) is 113 Å². The highest BCUT2D eigenvalue weighted by Gasteiger charge is 2.61. The van der Waals surface area contributed by atoms with E-state index in [0.29, 0.717) is 26.1 Å². The number of thiocarbonyl (C=S) groups is 2. The van der Waals surface area contributed by atoms with Crippen LogP contribution in [0, 0.1) is 17.8 Å². The van der Waals surface area contributed by atoms with E-state index in [-0.39, 0.29) is 39.9 Å². The van der Waals surface area contributed by atoms with Crippen molar-refractivity contribution in [1.29, 1.82) is 0 Å². The molecule has 0 aliphatic carbocycles. The van der Waals surface area contributed by atoms with E-state index in [4.69, 9.17) is 57.6 Å². The third kappa shape index (κ3) is 21.2. The van der Waals surface area contributed by atoms with Gasteiger partial charge in [-0.3, -0.25) is 19.4 Å². The Balaban J connectivity index is 0.000000282. The normalized spacial score (nSPS) is 19.6. The minimum Gasteiger partial charge on any atom is -0.458 e. The molecule has 0 saturated carbocycles. The number of benzene rings is 4. The summed E-state index contributed by atoms with van der Waals surface area (Å²) < 4.78 is 43.3. The number of esters is 1. The second-order valence-electron chi connectivity index (χ2n) is 29.2. The number of ether oxygens (including phenoxy) is 7. The highest BCUT2D eigenvalue weighted by molar-refractivity contribution is 7.80. The number of aliphatic hydroxyl groups is 1. The topological polar surface area (TPSA) is 143 Å². The van der Waals surface area contributed by atoms with Gasteiger partial charge in [-0.2, -0.15) is 0 Å². The Labute approximate surface area is 599 Å². The minimum atomic E-state index is -2.19. The highest BCUT2D eigenvalue weighted by atomic mass is 32.1. The molecule has 0 bridgehead atoms. The van der Waals surface area contributed by atoms with Gasteiger partial charge in [0.05, 0.1) is 44.4 Å². The highest BCUT2D eigenvalue weighted by Crippen LogP contribution is 2.50. The number of carbonyl (C=O) groups is 3. The summed E-state index contributed by atoms with van der Waals surface area (Å²) in [4.78, 5) is 45.4. The molecule has 0 spiro atoms. The monoisotopic (exact) mass is 1380 g/mol. The first-order valence-electron chi connectivity index (χ1n) is 37.3. The summed E-state index contributed by atoms with van der Waals surface area (Å²) >= 11 is 11.6. The number of carbonyl (C=O) groups excluding carboxylic acids is 3. The predicted octanol–water partition coefficient (Wildman–Crippen LogP) is 19.3. The van der Waals surface area contributed by atoms with Gasteiger partial charge in [0.25, 0.3) is 10.3 Å². The first-order valence-corrected chi connectivity index (χ1v) is 38.1. The molecular formula is C83H118N2O11S2. The van der Waals surface area contributed by atoms with Gasteiger partial charge in [0.15, 0.2) is 28.4 Å². The van der Waals surface area contributed by atoms with Crippen LogP contribution in [0.25, 0.3) is 0 Å². The molecule has 4 aliphatic rings. The van der Waals surface area contributed by atoms with Crippen molar-refractivity contribution in [2.24, 2.45) is 17.8 Å². The Bertz CT molecular complexity index is 3020. The molecule has 4 aromatic rings. The molecule has 98 heavy (non-hydrogen) atoms. The van der Waals surface area contributed by atoms with Crippen LogP contribution in [0.1, 0.15) is 252 Å². The fourth-order valence-electron chi connectivity index (χ4n) is 14.7. The maximum absolute atomic E-state index is 14.9. The number of allylic oxidation sites excluding steroid dienone is 2. The number of hydrogen-bond acceptors (Lipinski definition) is 13. The molecular weight excluding hydrogens is 1270 g/mol. The molecule has 4 saturated heterocycles. The molecule has 1 N–H and O–H groups in total. The van der Waals surface area contributed by atoms with E-state index in [2.05, 4.69) is 58.0 Å². The Morgan fingerprint density at radius 1 is 0.500 bits per heavy atom. The molecule has 0 radical (unpaired) electrons. The van der Waals surface area contributed by atoms with Gasteiger partial charge < -0.3 is 38.3 Å². The summed E-state index contributed by atoms with van der Waals surface area (Å²) in [5, 5.41) is 12.2. The maximum Gasteiger partial charge on any atom is 0.339 e. The third-order valence-corrected chi connectivity index (χ3v) is 20.2. The molecule has 4 aliphatic heterocycles. The van der Waals surface area contributed by atoms with Gasteiger partial charge in [0.2, 0.25) is 11.8 Å². The van der Waals surface area contributed by atoms with Crippen molar-refractivity contribution in [2.75, 3.05) is 26.4 Å². The second-order valence-corrected chi connectivity index (χ2v) is 29.9. The predicted molar refractivity (Wildman–Crippen MR) is 400 cm³/mol. The fraction of sp³-hybridized carbons (Fsp3) is 0.602. The van der Waals surface area contributed by atoms with Crippen LogP contribution in [-0.4, -0.2) is 104 Å². The standard InChI is InChI=1S/C45H65NO7S.C38H53NO4S/c1-8-9-10-14-23-30-44(50-32-33-51-44)31-24-15-12-11-13-22-29-37(43(7,49)40(48)52-42(4,5)6)39(47)46-38(34(2)3)45(53-41(46)54,35-25-18-16-19-26-35)36-27-20-17-21-28-36;1-4-5-6-11-20-27-37(41-29-30-42-37)28-21-12-9-7-8-10-19-26-34(40)39-35(31(2)3)38(43-36(39)44,32-22-15-13-16-23-32)33-24-17-14-18-25-33/h16-22,25-29,34,37-38,49H,8-15,23-24,30-33H2,1-7H3;10,13-19,22-25,31,35H,4-9,11-12,20-21,26-30H2,1-3H3/b29-22+;19-10+/t37-,38+,43+;35-/m10/s1. The lowest BCUT2D eigenvalue weighted by atomic mass is 9.75. The number of hydrogen-bond donors (Lipinski definition) is 1. The fourth-order valence-corrected chi connectivity index (χ4v) is 15.4. The van der Waals surface area contributed by atoms with Crippen LogP contribution >= 0.6 is 24.4 Å². The van der Waals surface area contributed by atoms with Crippen LogP contribution in [0.15, 0.2) is 146 Å². The van der Waals surface area contributed by atoms with Crippen molar-refractivity contribution in [1.82, 2.24) is 9.80 Å². The molecule has 8 rings (SSSR count). The molecule has 4 fully saturated rings. The number of amides is 2. The smallest absolute Gasteiger partial charge is 0.339 e. The van der Waals surface area contributed by atoms with Crippen molar-refractivity contribution < 1.29 is 52.6 Å². The quantitative estimate of drug-likeness (QED) is 0.0197. The maximum atomic E-state index is 14.9. The molecule has 2 amide bonds. The van der Waals surface area contributed by atoms with Crippen LogP contribution in [0.4, 0.5) is 0 Å². The average molecular weight is 1380 g/mol. The van der Waals surface area contributed by atoms with E-state index >= 15 is 0 Å². The van der Waals surface area contributed by atoms with E-state index < -0.39 is 52.0 Å². The van der Waals surface area contributed by atoms with Gasteiger partial charge in [-0.05, 0) is 115 Å². The van der Waals surface area contributed by atoms with Gasteiger partial charge in [-0.15, -0.1) is 0 Å². The Morgan fingerprint density at radius 2 is 0.837 bits per heavy atom. The van der Waals surface area contributed by atoms with Crippen molar-refractivity contribution in [3.8, 4) is 0 Å². The molecule has 15 heteroatoms. The first-order chi connectivity index (χ1) is 47.1. The van der Waals surface area contributed by atoms with Crippen molar-refractivity contribution >= 4 is 52.6 Å². The van der Waals surface area contributed by atoms with Crippen LogP contribution < -0.4 is 0 Å². The van der Waals surface area contributed by atoms with Gasteiger partial charge in [0, 0.05) is 54.4 Å². The van der Waals surface area contributed by atoms with Crippen LogP contribution in [0.2, 0.25) is 0 Å². The van der Waals surface area contributed by atoms with Crippen LogP contribution in [-0.2, 0) is 58.7 Å². The number of unbranched alkanes of at least 4 members (excludes halogenated alkanes) is 16. The Kier molecular flexibility index (Phi) is 31.7. The molecule has 4 aromatic carbocycles. The van der Waals surface area contributed by atoms with E-state index in [1.165, 1.54) is 82.5 Å². The lowest BCUT2D eigenvalue weighted by Crippen LogP contribution is -2.56. The van der Waals surface area contributed by atoms with Gasteiger partial charge >= 0.3 is 5.97 Å². The number of nitrogens with zero attached hydrogens (tertiary/aromatic N) is 2. The molecule has 4 atom stereocenters. The Morgan fingerprint density at radius 3 is 1.19 bits per heavy atom. The molecule has 13 nitrogen and oxygen atoms in total. The molecule has 538 valence electrons. The molecule has 4 heterocycles. The first kappa shape index (κ1) is 79.7. The van der Waals surface area contributed by atoms with Crippen molar-refractivity contribution in [3.63, 3.8) is 0 Å². The summed E-state index contributed by atoms with van der Waals surface area (Å²) in [7, 11) is 0. The second kappa shape index (κ2) is 39.0. The summed E-state index contributed by atoms with van der Waals surface area (Å²) in [5.41, 5.74) is -1.32. The van der Waals surface area contributed by atoms with E-state index in [1.807, 2.05) is 123 Å². The minimum absolute atomic E-state index is 0.00116. The summed E-state index contributed by atoms with van der Waals surface area (Å²) in [6.45, 7) is 22.2. The summed E-state index contributed by atoms with van der Waals surface area (Å²) in [5.74, 6) is -3.48. The Hall–Kier alpha value is -5.65. The van der Waals surface area contributed by atoms with Crippen LogP contribution in [0.5, 0.6) is 0 Å². The SMILES string of the molecule is CCCCCCCC1(CCCCCC/C=C/CC(=O)N2C(=S)OC(c3ccccc3)(c3ccccc3)[C@@H]2C(C)C)OCCO1.CCCCCCCC1(CCCCCC/C=C/[C@H](C(=O)N2C(=S)OC(c3ccccc3)(c3ccccc3)[C@@H]2C(C)C)[C@](C)(O)C(=O)OC(C)(C)C)OCCO1. The van der Waals surface area contributed by atoms with E-state index in [1.54, 1.807) is 31.7 Å². The van der Waals surface area contributed by atoms with Crippen LogP contribution in [0.3, 0.4) is 0 Å². The zero-order valence-corrected chi connectivity index (χ0v) is 62.6. The third-order valence-electron chi connectivity index (χ3n) is 19.6. The van der Waals surface area contributed by atoms with Crippen molar-refractivity contribution in [3.05, 3.63) is 168 Å². The van der Waals surface area contributed by atoms with Crippen molar-refractivity contribution in [2.45, 2.75) is 276 Å². The molecule has 0 unspecified atom stereocenters. The van der Waals surface area contributed by atoms with Gasteiger partial charge in [0.1, 0.15) is 5.60 Å². The number of rotatable bonds is 38. The average Bonchev–Trinajstić information content (AvgIpc) is 1.56. The lowest BCUT2D eigenvalue weighted by molar-refractivity contribution is -0.182. The van der Waals surface area contributed by atoms with Gasteiger partial charge in [-0.25, -0.2) is 4.79 Å². The zero-order chi connectivity index (χ0) is 70.7. The molecule has 0 aromatic heterocycles. The zero-order valence-electron chi connectivity index (χ0n) is 61.0. The van der Waals surface area contributed by atoms with E-state index in [9.17, 15) is 19.5 Å². The lowest BCUT2D eigenvalue weighted by Gasteiger charge is -2.39. The summed E-state index contributed by atoms with van der Waals surface area (Å²) in [6.07, 6.45) is 34.5. The summed E-state index contributed by atoms with van der Waals surface area (Å²) in [6, 6.07) is 39.1.